The highest BCUT2D eigenvalue weighted by molar-refractivity contribution is 7.11. The molecular weight excluding hydrogens is 330 g/mol. The molecule has 1 saturated heterocycles. The highest BCUT2D eigenvalue weighted by atomic mass is 35.5. The molecule has 2 fully saturated rings. The molecule has 23 heavy (non-hydrogen) atoms. The lowest BCUT2D eigenvalue weighted by Gasteiger charge is -2.32. The predicted octanol–water partition coefficient (Wildman–Crippen LogP) is 3.24. The van der Waals surface area contributed by atoms with Gasteiger partial charge in [0.25, 0.3) is 0 Å². The lowest BCUT2D eigenvalue weighted by Crippen LogP contribution is -2.50. The van der Waals surface area contributed by atoms with Crippen molar-refractivity contribution in [2.75, 3.05) is 19.8 Å². The summed E-state index contributed by atoms with van der Waals surface area (Å²) >= 11 is 1.85. The number of nitrogens with zero attached hydrogens (tertiary/aromatic N) is 1. The zero-order valence-corrected chi connectivity index (χ0v) is 16.1. The number of thiazole rings is 1. The molecule has 1 saturated carbocycles. The second-order valence-electron chi connectivity index (χ2n) is 6.92. The van der Waals surface area contributed by atoms with Crippen molar-refractivity contribution in [2.24, 2.45) is 5.92 Å². The normalized spacial score (nSPS) is 28.1. The van der Waals surface area contributed by atoms with Crippen molar-refractivity contribution in [1.82, 2.24) is 15.6 Å². The second-order valence-corrected chi connectivity index (χ2v) is 8.21. The van der Waals surface area contributed by atoms with Crippen LogP contribution in [0.4, 0.5) is 0 Å². The van der Waals surface area contributed by atoms with Crippen LogP contribution >= 0.6 is 23.7 Å². The van der Waals surface area contributed by atoms with E-state index in [0.29, 0.717) is 23.9 Å². The summed E-state index contributed by atoms with van der Waals surface area (Å²) in [4.78, 5) is 6.20. The van der Waals surface area contributed by atoms with Crippen molar-refractivity contribution in [3.8, 4) is 0 Å². The Morgan fingerprint density at radius 3 is 2.87 bits per heavy atom. The van der Waals surface area contributed by atoms with Gasteiger partial charge in [-0.05, 0) is 31.6 Å². The molecule has 132 valence electrons. The third-order valence-corrected chi connectivity index (χ3v) is 5.96. The molecule has 0 amide bonds. The van der Waals surface area contributed by atoms with Crippen LogP contribution in [0.1, 0.15) is 54.6 Å². The first kappa shape index (κ1) is 19.1. The first-order valence-corrected chi connectivity index (χ1v) is 9.47. The number of hydrogen-bond donors (Lipinski definition) is 2. The summed E-state index contributed by atoms with van der Waals surface area (Å²) in [5.74, 6) is 1.22. The summed E-state index contributed by atoms with van der Waals surface area (Å²) in [6, 6.07) is 1.13. The van der Waals surface area contributed by atoms with E-state index in [4.69, 9.17) is 9.72 Å². The molecule has 3 unspecified atom stereocenters. The van der Waals surface area contributed by atoms with Gasteiger partial charge in [-0.3, -0.25) is 0 Å². The number of ether oxygens (including phenoxy) is 1. The van der Waals surface area contributed by atoms with Gasteiger partial charge in [0.05, 0.1) is 18.9 Å². The van der Waals surface area contributed by atoms with Gasteiger partial charge in [-0.1, -0.05) is 20.3 Å². The summed E-state index contributed by atoms with van der Waals surface area (Å²) in [5.41, 5.74) is 1.27. The Bertz CT molecular complexity index is 488. The third-order valence-electron chi connectivity index (χ3n) is 4.98. The standard InChI is InChI=1S/C17H29N3OS.ClH/c1-11(2)17-12(3)22-16(20-17)9-19-14-6-4-5-13(14)15-10-21-8-7-18-15;/h11,13-15,18-19H,4-10H2,1-3H3;1H. The van der Waals surface area contributed by atoms with Crippen LogP contribution in [0.5, 0.6) is 0 Å². The fourth-order valence-electron chi connectivity index (χ4n) is 3.88. The van der Waals surface area contributed by atoms with Crippen molar-refractivity contribution in [2.45, 2.75) is 64.6 Å². The van der Waals surface area contributed by atoms with Crippen molar-refractivity contribution in [3.63, 3.8) is 0 Å². The molecule has 6 heteroatoms. The Kier molecular flexibility index (Phi) is 7.29. The highest BCUT2D eigenvalue weighted by Crippen LogP contribution is 2.30. The fourth-order valence-corrected chi connectivity index (χ4v) is 4.92. The molecule has 4 nitrogen and oxygen atoms in total. The highest BCUT2D eigenvalue weighted by Gasteiger charge is 2.34. The molecule has 0 radical (unpaired) electrons. The number of aromatic nitrogens is 1. The molecule has 2 N–H and O–H groups in total. The zero-order valence-electron chi connectivity index (χ0n) is 14.4. The summed E-state index contributed by atoms with van der Waals surface area (Å²) < 4.78 is 5.65. The van der Waals surface area contributed by atoms with Crippen molar-refractivity contribution in [3.05, 3.63) is 15.6 Å². The Hall–Kier alpha value is -0.200. The van der Waals surface area contributed by atoms with Crippen LogP contribution in [0.2, 0.25) is 0 Å². The van der Waals surface area contributed by atoms with Gasteiger partial charge in [-0.2, -0.15) is 0 Å². The molecule has 1 aliphatic carbocycles. The van der Waals surface area contributed by atoms with Gasteiger partial charge >= 0.3 is 0 Å². The van der Waals surface area contributed by atoms with Crippen LogP contribution in [-0.2, 0) is 11.3 Å². The van der Waals surface area contributed by atoms with Crippen molar-refractivity contribution in [1.29, 1.82) is 0 Å². The van der Waals surface area contributed by atoms with E-state index in [1.807, 2.05) is 11.3 Å². The van der Waals surface area contributed by atoms with E-state index in [2.05, 4.69) is 31.4 Å². The average Bonchev–Trinajstić information content (AvgIpc) is 3.12. The number of rotatable bonds is 5. The van der Waals surface area contributed by atoms with E-state index in [-0.39, 0.29) is 12.4 Å². The zero-order chi connectivity index (χ0) is 15.5. The Morgan fingerprint density at radius 1 is 1.39 bits per heavy atom. The maximum Gasteiger partial charge on any atom is 0.107 e. The van der Waals surface area contributed by atoms with Crippen molar-refractivity contribution >= 4 is 23.7 Å². The maximum atomic E-state index is 5.65. The third kappa shape index (κ3) is 4.67. The van der Waals surface area contributed by atoms with Crippen LogP contribution in [0.3, 0.4) is 0 Å². The molecule has 0 spiro atoms. The average molecular weight is 360 g/mol. The SMILES string of the molecule is Cc1sc(CNC2CCCC2C2COCCN2)nc1C(C)C.Cl. The lowest BCUT2D eigenvalue weighted by molar-refractivity contribution is 0.0524. The Balaban J connectivity index is 0.00000192. The molecule has 2 aliphatic rings. The predicted molar refractivity (Wildman–Crippen MR) is 98.8 cm³/mol. The van der Waals surface area contributed by atoms with Gasteiger partial charge in [0.15, 0.2) is 0 Å². The number of aryl methyl sites for hydroxylation is 1. The monoisotopic (exact) mass is 359 g/mol. The van der Waals surface area contributed by atoms with Crippen LogP contribution in [0, 0.1) is 12.8 Å². The van der Waals surface area contributed by atoms with Crippen LogP contribution in [-0.4, -0.2) is 36.8 Å². The maximum absolute atomic E-state index is 5.65. The van der Waals surface area contributed by atoms with E-state index < -0.39 is 0 Å². The van der Waals surface area contributed by atoms with E-state index in [1.165, 1.54) is 34.8 Å². The molecule has 0 bridgehead atoms. The molecule has 0 aromatic carbocycles. The first-order chi connectivity index (χ1) is 10.6. The van der Waals surface area contributed by atoms with Crippen LogP contribution in [0.25, 0.3) is 0 Å². The van der Waals surface area contributed by atoms with Gasteiger partial charge in [-0.25, -0.2) is 4.98 Å². The largest absolute Gasteiger partial charge is 0.379 e. The smallest absolute Gasteiger partial charge is 0.107 e. The number of halogens is 1. The van der Waals surface area contributed by atoms with Gasteiger partial charge in [0.2, 0.25) is 0 Å². The summed E-state index contributed by atoms with van der Waals surface area (Å²) in [6.07, 6.45) is 3.92. The van der Waals surface area contributed by atoms with Gasteiger partial charge in [-0.15, -0.1) is 23.7 Å². The minimum atomic E-state index is 0. The van der Waals surface area contributed by atoms with Crippen molar-refractivity contribution < 1.29 is 4.74 Å². The van der Waals surface area contributed by atoms with E-state index in [9.17, 15) is 0 Å². The van der Waals surface area contributed by atoms with Gasteiger partial charge in [0, 0.05) is 30.1 Å². The molecule has 1 aromatic rings. The topological polar surface area (TPSA) is 46.2 Å². The Morgan fingerprint density at radius 2 is 2.22 bits per heavy atom. The summed E-state index contributed by atoms with van der Waals surface area (Å²) in [5, 5.41) is 8.65. The Labute approximate surface area is 150 Å². The van der Waals surface area contributed by atoms with Gasteiger partial charge < -0.3 is 15.4 Å². The molecule has 1 aliphatic heterocycles. The van der Waals surface area contributed by atoms with E-state index in [0.717, 1.165) is 26.3 Å². The number of hydrogen-bond acceptors (Lipinski definition) is 5. The minimum Gasteiger partial charge on any atom is -0.379 e. The van der Waals surface area contributed by atoms with Crippen LogP contribution < -0.4 is 10.6 Å². The van der Waals surface area contributed by atoms with E-state index in [1.54, 1.807) is 0 Å². The molecule has 2 heterocycles. The molecule has 3 atom stereocenters. The number of morpholine rings is 1. The molecule has 1 aromatic heterocycles. The quantitative estimate of drug-likeness (QED) is 0.847. The molecular formula is C17H30ClN3OS. The molecule has 3 rings (SSSR count). The summed E-state index contributed by atoms with van der Waals surface area (Å²) in [6.45, 7) is 10.3. The van der Waals surface area contributed by atoms with E-state index >= 15 is 0 Å². The number of nitrogens with one attached hydrogen (secondary N) is 2. The first-order valence-electron chi connectivity index (χ1n) is 8.66. The van der Waals surface area contributed by atoms with Crippen LogP contribution in [0.15, 0.2) is 0 Å². The summed E-state index contributed by atoms with van der Waals surface area (Å²) in [7, 11) is 0. The fraction of sp³-hybridized carbons (Fsp3) is 0.824. The minimum absolute atomic E-state index is 0. The van der Waals surface area contributed by atoms with Gasteiger partial charge in [0.1, 0.15) is 5.01 Å². The second kappa shape index (κ2) is 8.77. The lowest BCUT2D eigenvalue weighted by atomic mass is 9.94.